The summed E-state index contributed by atoms with van der Waals surface area (Å²) in [6, 6.07) is 14.5. The smallest absolute Gasteiger partial charge is 0.383 e. The van der Waals surface area contributed by atoms with E-state index in [2.05, 4.69) is 69.0 Å². The van der Waals surface area contributed by atoms with Gasteiger partial charge in [-0.25, -0.2) is 4.68 Å². The molecule has 0 bridgehead atoms. The summed E-state index contributed by atoms with van der Waals surface area (Å²) in [7, 11) is 0. The molecule has 46 heavy (non-hydrogen) atoms. The minimum absolute atomic E-state index is 0.0689. The van der Waals surface area contributed by atoms with E-state index in [1.807, 2.05) is 31.2 Å². The van der Waals surface area contributed by atoms with E-state index in [0.717, 1.165) is 27.1 Å². The highest BCUT2D eigenvalue weighted by atomic mass is 19.4. The molecule has 2 aromatic carbocycles. The highest BCUT2D eigenvalue weighted by molar-refractivity contribution is 5.99. The van der Waals surface area contributed by atoms with Crippen LogP contribution in [0.15, 0.2) is 55.0 Å². The summed E-state index contributed by atoms with van der Waals surface area (Å²) in [5.74, 6) is 0. The fraction of sp³-hybridized carbons (Fsp3) is 0.333. The van der Waals surface area contributed by atoms with Gasteiger partial charge in [-0.05, 0) is 54.5 Å². The van der Waals surface area contributed by atoms with E-state index in [9.17, 15) is 23.7 Å². The standard InChI is InChI=1S/C33H31F3N10/c1-19-23(26-8-11-41-43-26)6-5-7-24(19)30(27-17-46(45-44-27)32(9-10-32)33(34,35)36)42-22-12-20(14-37)28-25(13-22)29(21(15-38)16-39-28)40-18-31(2,3)4/h5-8,11-13,16-17,30,42H,9-10,18H2,1-4H3,(H,39,40)(H,41,43)/t30-/m0/s1. The van der Waals surface area contributed by atoms with Gasteiger partial charge in [0.2, 0.25) is 0 Å². The first kappa shape index (κ1) is 30.6. The van der Waals surface area contributed by atoms with Gasteiger partial charge >= 0.3 is 6.18 Å². The monoisotopic (exact) mass is 624 g/mol. The molecule has 0 radical (unpaired) electrons. The molecular weight excluding hydrogens is 593 g/mol. The molecule has 13 heteroatoms. The van der Waals surface area contributed by atoms with Crippen LogP contribution < -0.4 is 10.6 Å². The lowest BCUT2D eigenvalue weighted by Crippen LogP contribution is -2.35. The van der Waals surface area contributed by atoms with Gasteiger partial charge in [-0.15, -0.1) is 5.10 Å². The van der Waals surface area contributed by atoms with Crippen LogP contribution in [0.5, 0.6) is 0 Å². The van der Waals surface area contributed by atoms with Gasteiger partial charge in [0.15, 0.2) is 5.54 Å². The van der Waals surface area contributed by atoms with Crippen LogP contribution in [0.1, 0.15) is 67.6 Å². The highest BCUT2D eigenvalue weighted by Gasteiger charge is 2.66. The Morgan fingerprint density at radius 2 is 1.85 bits per heavy atom. The fourth-order valence-electron chi connectivity index (χ4n) is 5.62. The van der Waals surface area contributed by atoms with Crippen LogP contribution in [0, 0.1) is 35.0 Å². The lowest BCUT2D eigenvalue weighted by Gasteiger charge is -2.24. The molecule has 3 heterocycles. The number of pyridine rings is 1. The molecule has 5 aromatic rings. The molecule has 1 aliphatic rings. The molecule has 1 aliphatic carbocycles. The fourth-order valence-corrected chi connectivity index (χ4v) is 5.62. The number of alkyl halides is 3. The van der Waals surface area contributed by atoms with Gasteiger partial charge in [-0.1, -0.05) is 44.2 Å². The summed E-state index contributed by atoms with van der Waals surface area (Å²) < 4.78 is 43.0. The number of nitrogens with one attached hydrogen (secondary N) is 3. The summed E-state index contributed by atoms with van der Waals surface area (Å²) in [5, 5.41) is 42.6. The van der Waals surface area contributed by atoms with Crippen molar-refractivity contribution in [2.75, 3.05) is 17.2 Å². The Balaban J connectivity index is 1.50. The maximum atomic E-state index is 14.0. The molecule has 0 amide bonds. The molecular formula is C33H31F3N10. The molecule has 1 saturated carbocycles. The van der Waals surface area contributed by atoms with Gasteiger partial charge in [-0.2, -0.15) is 28.8 Å². The Bertz CT molecular complexity index is 2000. The summed E-state index contributed by atoms with van der Waals surface area (Å²) >= 11 is 0. The molecule has 6 rings (SSSR count). The quantitative estimate of drug-likeness (QED) is 0.168. The third kappa shape index (κ3) is 5.49. The maximum Gasteiger partial charge on any atom is 0.413 e. The molecule has 3 N–H and O–H groups in total. The van der Waals surface area contributed by atoms with Crippen LogP contribution in [-0.4, -0.2) is 42.9 Å². The van der Waals surface area contributed by atoms with Gasteiger partial charge in [-0.3, -0.25) is 10.1 Å². The average molecular weight is 625 g/mol. The first-order valence-electron chi connectivity index (χ1n) is 14.7. The third-order valence-electron chi connectivity index (χ3n) is 8.29. The predicted molar refractivity (Wildman–Crippen MR) is 167 cm³/mol. The van der Waals surface area contributed by atoms with Gasteiger partial charge in [0.05, 0.1) is 40.3 Å². The number of nitrogens with zero attached hydrogens (tertiary/aromatic N) is 7. The number of rotatable bonds is 8. The number of H-pyrrole nitrogens is 1. The normalized spacial score (nSPS) is 14.8. The van der Waals surface area contributed by atoms with Crippen LogP contribution in [0.3, 0.4) is 0 Å². The van der Waals surface area contributed by atoms with Crippen LogP contribution >= 0.6 is 0 Å². The lowest BCUT2D eigenvalue weighted by molar-refractivity contribution is -0.182. The second-order valence-corrected chi connectivity index (χ2v) is 12.8. The number of fused-ring (bicyclic) bond motifs is 1. The third-order valence-corrected chi connectivity index (χ3v) is 8.29. The van der Waals surface area contributed by atoms with Crippen molar-refractivity contribution in [3.8, 4) is 23.4 Å². The minimum atomic E-state index is -4.47. The van der Waals surface area contributed by atoms with Crippen LogP contribution in [0.2, 0.25) is 0 Å². The second-order valence-electron chi connectivity index (χ2n) is 12.8. The van der Waals surface area contributed by atoms with Crippen molar-refractivity contribution in [1.82, 2.24) is 30.2 Å². The molecule has 3 aromatic heterocycles. The van der Waals surface area contributed by atoms with E-state index >= 15 is 0 Å². The number of aromatic nitrogens is 6. The average Bonchev–Trinajstić information content (AvgIpc) is 3.41. The zero-order valence-corrected chi connectivity index (χ0v) is 25.7. The van der Waals surface area contributed by atoms with Crippen LogP contribution in [0.25, 0.3) is 22.2 Å². The Labute approximate surface area is 263 Å². The van der Waals surface area contributed by atoms with Crippen LogP contribution in [-0.2, 0) is 5.54 Å². The molecule has 1 fully saturated rings. The Kier molecular flexibility index (Phi) is 7.43. The van der Waals surface area contributed by atoms with Crippen molar-refractivity contribution in [1.29, 1.82) is 10.5 Å². The van der Waals surface area contributed by atoms with Gasteiger partial charge in [0.25, 0.3) is 0 Å². The number of aromatic amines is 1. The number of hydrogen-bond donors (Lipinski definition) is 3. The molecule has 0 saturated heterocycles. The van der Waals surface area contributed by atoms with E-state index in [4.69, 9.17) is 0 Å². The molecule has 0 aliphatic heterocycles. The zero-order valence-electron chi connectivity index (χ0n) is 25.7. The molecule has 234 valence electrons. The minimum Gasteiger partial charge on any atom is -0.383 e. The van der Waals surface area contributed by atoms with Crippen LogP contribution in [0.4, 0.5) is 24.5 Å². The highest BCUT2D eigenvalue weighted by Crippen LogP contribution is 2.55. The number of benzene rings is 2. The first-order chi connectivity index (χ1) is 21.8. The van der Waals surface area contributed by atoms with Crippen molar-refractivity contribution in [2.45, 2.75) is 58.3 Å². The zero-order chi connectivity index (χ0) is 32.9. The number of hydrogen-bond acceptors (Lipinski definition) is 8. The van der Waals surface area contributed by atoms with Crippen molar-refractivity contribution in [3.05, 3.63) is 82.9 Å². The number of anilines is 2. The van der Waals surface area contributed by atoms with E-state index < -0.39 is 17.8 Å². The predicted octanol–water partition coefficient (Wildman–Crippen LogP) is 6.98. The number of nitriles is 2. The van der Waals surface area contributed by atoms with Crippen molar-refractivity contribution in [2.24, 2.45) is 5.41 Å². The summed E-state index contributed by atoms with van der Waals surface area (Å²) in [6.07, 6.45) is -0.179. The molecule has 10 nitrogen and oxygen atoms in total. The lowest BCUT2D eigenvalue weighted by atomic mass is 9.93. The van der Waals surface area contributed by atoms with Gasteiger partial charge in [0.1, 0.15) is 17.8 Å². The molecule has 0 spiro atoms. The topological polar surface area (TPSA) is 144 Å². The Morgan fingerprint density at radius 3 is 2.48 bits per heavy atom. The Hall–Kier alpha value is -5.43. The second kappa shape index (κ2) is 11.2. The van der Waals surface area contributed by atoms with Crippen molar-refractivity contribution >= 4 is 22.3 Å². The molecule has 0 unspecified atom stereocenters. The van der Waals surface area contributed by atoms with E-state index in [-0.39, 0.29) is 29.5 Å². The van der Waals surface area contributed by atoms with E-state index in [1.165, 1.54) is 12.4 Å². The van der Waals surface area contributed by atoms with E-state index in [0.29, 0.717) is 34.4 Å². The number of halogens is 3. The largest absolute Gasteiger partial charge is 0.413 e. The summed E-state index contributed by atoms with van der Waals surface area (Å²) in [5.41, 5.74) is 3.35. The summed E-state index contributed by atoms with van der Waals surface area (Å²) in [4.78, 5) is 4.42. The first-order valence-corrected chi connectivity index (χ1v) is 14.7. The SMILES string of the molecule is Cc1c(-c2ccn[nH]2)cccc1[C@H](Nc1cc(C#N)c2ncc(C#N)c(NCC(C)(C)C)c2c1)c1cn(C2(C(F)(F)F)CC2)nn1. The maximum absolute atomic E-state index is 14.0. The van der Waals surface area contributed by atoms with Crippen molar-refractivity contribution < 1.29 is 13.2 Å². The van der Waals surface area contributed by atoms with Gasteiger partial charge in [0, 0.05) is 35.6 Å². The molecule has 1 atom stereocenters. The Morgan fingerprint density at radius 1 is 1.09 bits per heavy atom. The van der Waals surface area contributed by atoms with Crippen molar-refractivity contribution in [3.63, 3.8) is 0 Å². The summed E-state index contributed by atoms with van der Waals surface area (Å²) in [6.45, 7) is 8.65. The van der Waals surface area contributed by atoms with Gasteiger partial charge < -0.3 is 10.6 Å². The van der Waals surface area contributed by atoms with E-state index in [1.54, 1.807) is 18.3 Å².